The summed E-state index contributed by atoms with van der Waals surface area (Å²) in [6.45, 7) is 1.08. The van der Waals surface area contributed by atoms with Gasteiger partial charge < -0.3 is 46.6 Å². The number of hydrogen-bond donors (Lipinski definition) is 9. The lowest BCUT2D eigenvalue weighted by Gasteiger charge is -2.17. The third kappa shape index (κ3) is 19.7. The van der Waals surface area contributed by atoms with Crippen LogP contribution in [0.4, 0.5) is 0 Å². The fraction of sp³-hybridized carbons (Fsp3) is 0.621. The summed E-state index contributed by atoms with van der Waals surface area (Å²) in [7, 11) is 0. The van der Waals surface area contributed by atoms with Gasteiger partial charge in [-0.1, -0.05) is 0 Å². The smallest absolute Gasteiger partial charge is 0.326 e. The molecule has 0 aliphatic carbocycles. The van der Waals surface area contributed by atoms with E-state index in [4.69, 9.17) is 15.3 Å². The van der Waals surface area contributed by atoms with Gasteiger partial charge in [-0.3, -0.25) is 38.4 Å². The van der Waals surface area contributed by atoms with Crippen LogP contribution in [-0.2, 0) is 52.7 Å². The number of carboxylic acid groups (broad SMARTS) is 6. The zero-order valence-corrected chi connectivity index (χ0v) is 26.5. The number of carbonyl (C=O) groups is 11. The SMILES string of the molecule is CC(=O)N[C@@H](CCC(=O)C[C@@H](CCC(=O)N[C@@H](CCC(=O)C[C@@H](CCC(=O)N[C@@H](CCC(=O)O)C(=O)O)C(=O)O)C(=O)O)C(=O)O)C(=O)O. The molecule has 3 amide bonds. The fourth-order valence-electron chi connectivity index (χ4n) is 4.42. The van der Waals surface area contributed by atoms with Crippen LogP contribution in [0.5, 0.6) is 0 Å². The number of rotatable bonds is 27. The van der Waals surface area contributed by atoms with Crippen LogP contribution in [0.25, 0.3) is 0 Å². The summed E-state index contributed by atoms with van der Waals surface area (Å²) in [6.07, 6.45) is -5.67. The fourth-order valence-corrected chi connectivity index (χ4v) is 4.42. The lowest BCUT2D eigenvalue weighted by molar-refractivity contribution is -0.145. The molecule has 0 aromatic carbocycles. The van der Waals surface area contributed by atoms with Crippen LogP contribution in [0.3, 0.4) is 0 Å². The van der Waals surface area contributed by atoms with E-state index in [0.717, 1.165) is 6.92 Å². The molecule has 0 bridgehead atoms. The molecule has 9 N–H and O–H groups in total. The molecule has 0 aliphatic heterocycles. The van der Waals surface area contributed by atoms with Gasteiger partial charge >= 0.3 is 35.8 Å². The Bertz CT molecular complexity index is 1280. The Balaban J connectivity index is 4.98. The second-order valence-corrected chi connectivity index (χ2v) is 11.2. The van der Waals surface area contributed by atoms with Crippen LogP contribution in [0.1, 0.15) is 84.0 Å². The van der Waals surface area contributed by atoms with Crippen molar-refractivity contribution in [2.75, 3.05) is 0 Å². The first kappa shape index (κ1) is 43.6. The summed E-state index contributed by atoms with van der Waals surface area (Å²) in [4.78, 5) is 128. The molecule has 20 heteroatoms. The summed E-state index contributed by atoms with van der Waals surface area (Å²) in [5.74, 6) is -15.3. The number of aliphatic carboxylic acids is 6. The summed E-state index contributed by atoms with van der Waals surface area (Å²) < 4.78 is 0. The number of nitrogens with one attached hydrogen (secondary N) is 3. The lowest BCUT2D eigenvalue weighted by atomic mass is 9.93. The average Bonchev–Trinajstić information content (AvgIpc) is 2.98. The minimum Gasteiger partial charge on any atom is -0.481 e. The van der Waals surface area contributed by atoms with Gasteiger partial charge in [0, 0.05) is 51.9 Å². The highest BCUT2D eigenvalue weighted by atomic mass is 16.4. The Kier molecular flexibility index (Phi) is 19.7. The van der Waals surface area contributed by atoms with Crippen molar-refractivity contribution in [1.29, 1.82) is 0 Å². The van der Waals surface area contributed by atoms with E-state index in [2.05, 4.69) is 16.0 Å². The number of carbonyl (C=O) groups excluding carboxylic acids is 5. The van der Waals surface area contributed by atoms with Crippen molar-refractivity contribution < 1.29 is 83.4 Å². The van der Waals surface area contributed by atoms with Crippen LogP contribution in [0.15, 0.2) is 0 Å². The predicted molar refractivity (Wildman–Crippen MR) is 160 cm³/mol. The first-order valence-corrected chi connectivity index (χ1v) is 15.0. The third-order valence-corrected chi connectivity index (χ3v) is 7.10. The van der Waals surface area contributed by atoms with Gasteiger partial charge in [0.1, 0.15) is 29.7 Å². The minimum atomic E-state index is -1.63. The van der Waals surface area contributed by atoms with Crippen molar-refractivity contribution in [3.8, 4) is 0 Å². The molecule has 0 radical (unpaired) electrons. The molecule has 0 spiro atoms. The van der Waals surface area contributed by atoms with Gasteiger partial charge in [-0.2, -0.15) is 0 Å². The second-order valence-electron chi connectivity index (χ2n) is 11.2. The van der Waals surface area contributed by atoms with Crippen LogP contribution < -0.4 is 16.0 Å². The highest BCUT2D eigenvalue weighted by molar-refractivity contribution is 5.88. The maximum Gasteiger partial charge on any atom is 0.326 e. The monoisotopic (exact) mass is 703 g/mol. The van der Waals surface area contributed by atoms with Crippen molar-refractivity contribution in [3.05, 3.63) is 0 Å². The molecule has 0 saturated carbocycles. The number of carboxylic acids is 6. The summed E-state index contributed by atoms with van der Waals surface area (Å²) in [5.41, 5.74) is 0. The van der Waals surface area contributed by atoms with Gasteiger partial charge in [-0.15, -0.1) is 0 Å². The van der Waals surface area contributed by atoms with Crippen LogP contribution in [-0.4, -0.2) is 114 Å². The van der Waals surface area contributed by atoms with Gasteiger partial charge in [0.15, 0.2) is 0 Å². The van der Waals surface area contributed by atoms with E-state index in [9.17, 15) is 68.1 Å². The molecule has 0 aromatic rings. The van der Waals surface area contributed by atoms with Gasteiger partial charge in [-0.25, -0.2) is 14.4 Å². The Hall–Kier alpha value is -5.43. The number of ketones is 2. The highest BCUT2D eigenvalue weighted by Crippen LogP contribution is 2.17. The number of Topliss-reactive ketones (excluding diaryl/α,β-unsaturated/α-hetero) is 2. The molecule has 0 heterocycles. The van der Waals surface area contributed by atoms with E-state index in [1.807, 2.05) is 0 Å². The first-order chi connectivity index (χ1) is 22.7. The van der Waals surface area contributed by atoms with Crippen molar-refractivity contribution in [1.82, 2.24) is 16.0 Å². The minimum absolute atomic E-state index is 0.300. The topological polar surface area (TPSA) is 345 Å². The van der Waals surface area contributed by atoms with Crippen LogP contribution in [0, 0.1) is 11.8 Å². The normalized spacial score (nSPS) is 13.7. The second kappa shape index (κ2) is 22.2. The molecule has 0 aromatic heterocycles. The van der Waals surface area contributed by atoms with E-state index in [-0.39, 0.29) is 12.8 Å². The van der Waals surface area contributed by atoms with Gasteiger partial charge in [0.2, 0.25) is 17.7 Å². The largest absolute Gasteiger partial charge is 0.481 e. The maximum atomic E-state index is 12.5. The molecule has 5 atom stereocenters. The lowest BCUT2D eigenvalue weighted by Crippen LogP contribution is -2.41. The Morgan fingerprint density at radius 2 is 0.755 bits per heavy atom. The molecule has 274 valence electrons. The molecule has 0 unspecified atom stereocenters. The van der Waals surface area contributed by atoms with E-state index in [0.29, 0.717) is 0 Å². The quantitative estimate of drug-likeness (QED) is 0.0496. The van der Waals surface area contributed by atoms with Gasteiger partial charge in [0.05, 0.1) is 11.8 Å². The summed E-state index contributed by atoms with van der Waals surface area (Å²) >= 11 is 0. The van der Waals surface area contributed by atoms with Crippen molar-refractivity contribution in [3.63, 3.8) is 0 Å². The Morgan fingerprint density at radius 1 is 0.429 bits per heavy atom. The molecular formula is C29H41N3O17. The summed E-state index contributed by atoms with van der Waals surface area (Å²) in [5, 5.41) is 61.6. The van der Waals surface area contributed by atoms with Crippen LogP contribution >= 0.6 is 0 Å². The van der Waals surface area contributed by atoms with E-state index >= 15 is 0 Å². The molecule has 0 rings (SSSR count). The van der Waals surface area contributed by atoms with Gasteiger partial charge in [0.25, 0.3) is 0 Å². The number of hydrogen-bond acceptors (Lipinski definition) is 11. The van der Waals surface area contributed by atoms with Crippen molar-refractivity contribution in [2.45, 2.75) is 102 Å². The molecule has 20 nitrogen and oxygen atoms in total. The molecule has 49 heavy (non-hydrogen) atoms. The summed E-state index contributed by atoms with van der Waals surface area (Å²) in [6, 6.07) is -4.53. The van der Waals surface area contributed by atoms with E-state index in [1.54, 1.807) is 0 Å². The zero-order valence-electron chi connectivity index (χ0n) is 26.5. The zero-order chi connectivity index (χ0) is 37.8. The molecule has 0 fully saturated rings. The Morgan fingerprint density at radius 3 is 1.04 bits per heavy atom. The van der Waals surface area contributed by atoms with Gasteiger partial charge in [-0.05, 0) is 32.1 Å². The standard InChI is InChI=1S/C29H41N3O17/c1-14(33)30-19(27(44)45)6-4-17(34)12-15(25(40)41)2-9-22(36)31-20(28(46)47)7-5-18(35)13-16(26(42)43)3-10-23(37)32-21(29(48)49)8-11-24(38)39/h15-16,19-21H,2-13H2,1H3,(H,30,33)(H,31,36)(H,32,37)(H,38,39)(H,40,41)(H,42,43)(H,44,45)(H,46,47)(H,48,49)/t15-,16-,19+,20+,21+/m1/s1. The van der Waals surface area contributed by atoms with E-state index in [1.165, 1.54) is 0 Å². The predicted octanol–water partition coefficient (Wildman–Crippen LogP) is -0.980. The van der Waals surface area contributed by atoms with Crippen LogP contribution in [0.2, 0.25) is 0 Å². The van der Waals surface area contributed by atoms with E-state index < -0.39 is 159 Å². The van der Waals surface area contributed by atoms with Crippen molar-refractivity contribution >= 4 is 65.1 Å². The van der Waals surface area contributed by atoms with Crippen molar-refractivity contribution in [2.24, 2.45) is 11.8 Å². The molecular weight excluding hydrogens is 662 g/mol. The molecule has 0 saturated heterocycles. The molecule has 0 aliphatic rings. The Labute approximate surface area is 278 Å². The average molecular weight is 704 g/mol. The first-order valence-electron chi connectivity index (χ1n) is 15.0. The third-order valence-electron chi connectivity index (χ3n) is 7.10. The number of amides is 3. The highest BCUT2D eigenvalue weighted by Gasteiger charge is 2.28. The maximum absolute atomic E-state index is 12.5.